The van der Waals surface area contributed by atoms with Crippen LogP contribution >= 0.6 is 0 Å². The lowest BCUT2D eigenvalue weighted by Gasteiger charge is -2.33. The number of likely N-dealkylation sites (N-methyl/N-ethyl adjacent to an activating group) is 1. The molecule has 0 bridgehead atoms. The Kier molecular flexibility index (Phi) is 6.05. The standard InChI is InChI=1S/C20H28N2O4/c1-14-5-7-16(8-6-14)20(2,3)19(26)21(4)13-17(23)22-11-9-15(10-12-22)18(24)25/h5-8,15H,9-13H2,1-4H3,(H,24,25). The number of likely N-dealkylation sites (tertiary alicyclic amines) is 1. The van der Waals surface area contributed by atoms with E-state index in [2.05, 4.69) is 0 Å². The maximum absolute atomic E-state index is 12.9. The van der Waals surface area contributed by atoms with Gasteiger partial charge in [0.2, 0.25) is 11.8 Å². The molecule has 142 valence electrons. The summed E-state index contributed by atoms with van der Waals surface area (Å²) >= 11 is 0. The van der Waals surface area contributed by atoms with Gasteiger partial charge in [-0.25, -0.2) is 0 Å². The van der Waals surface area contributed by atoms with Crippen molar-refractivity contribution >= 4 is 17.8 Å². The van der Waals surface area contributed by atoms with Gasteiger partial charge in [0, 0.05) is 20.1 Å². The van der Waals surface area contributed by atoms with Gasteiger partial charge in [0.25, 0.3) is 0 Å². The van der Waals surface area contributed by atoms with Crippen LogP contribution in [0.5, 0.6) is 0 Å². The van der Waals surface area contributed by atoms with E-state index in [1.54, 1.807) is 11.9 Å². The molecule has 2 rings (SSSR count). The first kappa shape index (κ1) is 19.9. The van der Waals surface area contributed by atoms with Crippen molar-refractivity contribution < 1.29 is 19.5 Å². The highest BCUT2D eigenvalue weighted by molar-refractivity contribution is 5.91. The molecule has 2 amide bonds. The molecule has 1 heterocycles. The fourth-order valence-corrected chi connectivity index (χ4v) is 3.32. The van der Waals surface area contributed by atoms with Gasteiger partial charge >= 0.3 is 5.97 Å². The van der Waals surface area contributed by atoms with Crippen LogP contribution in [-0.4, -0.2) is 59.4 Å². The van der Waals surface area contributed by atoms with E-state index >= 15 is 0 Å². The lowest BCUT2D eigenvalue weighted by atomic mass is 9.83. The van der Waals surface area contributed by atoms with Gasteiger partial charge in [-0.15, -0.1) is 0 Å². The van der Waals surface area contributed by atoms with Crippen LogP contribution in [0, 0.1) is 12.8 Å². The molecule has 0 unspecified atom stereocenters. The SMILES string of the molecule is Cc1ccc(C(C)(C)C(=O)N(C)CC(=O)N2CCC(C(=O)O)CC2)cc1. The Morgan fingerprint density at radius 1 is 1.15 bits per heavy atom. The largest absolute Gasteiger partial charge is 0.481 e. The zero-order chi connectivity index (χ0) is 19.5. The Balaban J connectivity index is 1.97. The highest BCUT2D eigenvalue weighted by atomic mass is 16.4. The van der Waals surface area contributed by atoms with Crippen molar-refractivity contribution in [3.63, 3.8) is 0 Å². The molecule has 1 aromatic rings. The van der Waals surface area contributed by atoms with Gasteiger partial charge in [0.1, 0.15) is 0 Å². The molecule has 1 aromatic carbocycles. The van der Waals surface area contributed by atoms with E-state index in [0.717, 1.165) is 11.1 Å². The predicted octanol–water partition coefficient (Wildman–Crippen LogP) is 2.05. The Labute approximate surface area is 154 Å². The van der Waals surface area contributed by atoms with Crippen LogP contribution in [0.15, 0.2) is 24.3 Å². The summed E-state index contributed by atoms with van der Waals surface area (Å²) < 4.78 is 0. The number of aliphatic carboxylic acids is 1. The number of hydrogen-bond donors (Lipinski definition) is 1. The van der Waals surface area contributed by atoms with E-state index in [1.165, 1.54) is 4.90 Å². The summed E-state index contributed by atoms with van der Waals surface area (Å²) in [4.78, 5) is 39.5. The van der Waals surface area contributed by atoms with Crippen LogP contribution in [-0.2, 0) is 19.8 Å². The number of amides is 2. The first-order valence-electron chi connectivity index (χ1n) is 8.96. The van der Waals surface area contributed by atoms with E-state index in [4.69, 9.17) is 5.11 Å². The zero-order valence-electron chi connectivity index (χ0n) is 16.0. The number of rotatable bonds is 5. The molecule has 1 fully saturated rings. The zero-order valence-corrected chi connectivity index (χ0v) is 16.0. The van der Waals surface area contributed by atoms with Crippen LogP contribution in [0.2, 0.25) is 0 Å². The fraction of sp³-hybridized carbons (Fsp3) is 0.550. The molecule has 1 saturated heterocycles. The summed E-state index contributed by atoms with van der Waals surface area (Å²) in [6.45, 7) is 6.58. The lowest BCUT2D eigenvalue weighted by molar-refractivity contribution is -0.147. The van der Waals surface area contributed by atoms with Crippen LogP contribution in [0.1, 0.15) is 37.8 Å². The maximum atomic E-state index is 12.9. The highest BCUT2D eigenvalue weighted by Crippen LogP contribution is 2.26. The molecule has 6 heteroatoms. The summed E-state index contributed by atoms with van der Waals surface area (Å²) in [6, 6.07) is 7.84. The minimum atomic E-state index is -0.802. The highest BCUT2D eigenvalue weighted by Gasteiger charge is 2.34. The van der Waals surface area contributed by atoms with Crippen LogP contribution in [0.25, 0.3) is 0 Å². The van der Waals surface area contributed by atoms with Crippen LogP contribution < -0.4 is 0 Å². The van der Waals surface area contributed by atoms with E-state index < -0.39 is 11.4 Å². The number of hydrogen-bond acceptors (Lipinski definition) is 3. The molecular weight excluding hydrogens is 332 g/mol. The summed E-state index contributed by atoms with van der Waals surface area (Å²) in [6.07, 6.45) is 0.932. The molecule has 26 heavy (non-hydrogen) atoms. The molecular formula is C20H28N2O4. The maximum Gasteiger partial charge on any atom is 0.306 e. The Morgan fingerprint density at radius 3 is 2.19 bits per heavy atom. The predicted molar refractivity (Wildman–Crippen MR) is 98.8 cm³/mol. The number of nitrogens with zero attached hydrogens (tertiary/aromatic N) is 2. The monoisotopic (exact) mass is 360 g/mol. The molecule has 0 aromatic heterocycles. The van der Waals surface area contributed by atoms with Crippen molar-refractivity contribution in [2.24, 2.45) is 5.92 Å². The second kappa shape index (κ2) is 7.89. The van der Waals surface area contributed by atoms with Crippen LogP contribution in [0.4, 0.5) is 0 Å². The number of carboxylic acid groups (broad SMARTS) is 1. The molecule has 1 aliphatic rings. The van der Waals surface area contributed by atoms with Crippen molar-refractivity contribution in [3.8, 4) is 0 Å². The number of benzene rings is 1. The Bertz CT molecular complexity index is 674. The second-order valence-corrected chi connectivity index (χ2v) is 7.65. The lowest BCUT2D eigenvalue weighted by Crippen LogP contribution is -2.48. The molecule has 0 radical (unpaired) electrons. The summed E-state index contributed by atoms with van der Waals surface area (Å²) in [5, 5.41) is 9.04. The van der Waals surface area contributed by atoms with Crippen molar-refractivity contribution in [3.05, 3.63) is 35.4 Å². The van der Waals surface area contributed by atoms with Crippen molar-refractivity contribution in [1.82, 2.24) is 9.80 Å². The average Bonchev–Trinajstić information content (AvgIpc) is 2.61. The minimum Gasteiger partial charge on any atom is -0.481 e. The first-order valence-corrected chi connectivity index (χ1v) is 8.96. The fourth-order valence-electron chi connectivity index (χ4n) is 3.32. The molecule has 0 saturated carbocycles. The molecule has 6 nitrogen and oxygen atoms in total. The second-order valence-electron chi connectivity index (χ2n) is 7.65. The van der Waals surface area contributed by atoms with Gasteiger partial charge in [-0.2, -0.15) is 0 Å². The third kappa shape index (κ3) is 4.42. The van der Waals surface area contributed by atoms with E-state index in [-0.39, 0.29) is 24.3 Å². The summed E-state index contributed by atoms with van der Waals surface area (Å²) in [5.74, 6) is -1.43. The number of carbonyl (C=O) groups is 3. The quantitative estimate of drug-likeness (QED) is 0.872. The van der Waals surface area contributed by atoms with E-state index in [9.17, 15) is 14.4 Å². The van der Waals surface area contributed by atoms with Crippen molar-refractivity contribution in [2.45, 2.75) is 39.0 Å². The topological polar surface area (TPSA) is 77.9 Å². The first-order chi connectivity index (χ1) is 12.1. The average molecular weight is 360 g/mol. The molecule has 1 N–H and O–H groups in total. The van der Waals surface area contributed by atoms with Gasteiger partial charge in [0.15, 0.2) is 0 Å². The van der Waals surface area contributed by atoms with Gasteiger partial charge in [-0.05, 0) is 39.2 Å². The van der Waals surface area contributed by atoms with Gasteiger partial charge in [-0.3, -0.25) is 14.4 Å². The summed E-state index contributed by atoms with van der Waals surface area (Å²) in [5.41, 5.74) is 1.32. The molecule has 0 spiro atoms. The van der Waals surface area contributed by atoms with Gasteiger partial charge in [-0.1, -0.05) is 29.8 Å². The van der Waals surface area contributed by atoms with Gasteiger partial charge in [0.05, 0.1) is 17.9 Å². The smallest absolute Gasteiger partial charge is 0.306 e. The van der Waals surface area contributed by atoms with E-state index in [1.807, 2.05) is 45.0 Å². The summed E-state index contributed by atoms with van der Waals surface area (Å²) in [7, 11) is 1.64. The third-order valence-corrected chi connectivity index (χ3v) is 5.22. The Hall–Kier alpha value is -2.37. The van der Waals surface area contributed by atoms with Crippen LogP contribution in [0.3, 0.4) is 0 Å². The number of aryl methyl sites for hydroxylation is 1. The number of piperidine rings is 1. The van der Waals surface area contributed by atoms with E-state index in [0.29, 0.717) is 25.9 Å². The number of carbonyl (C=O) groups excluding carboxylic acids is 2. The number of carboxylic acids is 1. The Morgan fingerprint density at radius 2 is 1.69 bits per heavy atom. The molecule has 0 atom stereocenters. The van der Waals surface area contributed by atoms with Gasteiger partial charge < -0.3 is 14.9 Å². The normalized spacial score (nSPS) is 15.6. The minimum absolute atomic E-state index is 0.00582. The van der Waals surface area contributed by atoms with Crippen molar-refractivity contribution in [2.75, 3.05) is 26.7 Å². The molecule has 1 aliphatic heterocycles. The van der Waals surface area contributed by atoms with Crippen molar-refractivity contribution in [1.29, 1.82) is 0 Å². The third-order valence-electron chi connectivity index (χ3n) is 5.22. The molecule has 0 aliphatic carbocycles.